The molecule has 1 nitrogen and oxygen atoms in total. The van der Waals surface area contributed by atoms with Crippen molar-refractivity contribution in [3.63, 3.8) is 0 Å². The van der Waals surface area contributed by atoms with E-state index in [0.717, 1.165) is 0 Å². The molecule has 0 amide bonds. The molecule has 0 radical (unpaired) electrons. The van der Waals surface area contributed by atoms with Crippen molar-refractivity contribution in [3.8, 4) is 0 Å². The molecule has 0 aromatic rings. The van der Waals surface area contributed by atoms with Crippen LogP contribution in [0, 0.1) is 5.41 Å². The van der Waals surface area contributed by atoms with E-state index in [1.165, 1.54) is 31.2 Å². The van der Waals surface area contributed by atoms with Crippen LogP contribution in [0.25, 0.3) is 0 Å². The van der Waals surface area contributed by atoms with Crippen molar-refractivity contribution in [2.24, 2.45) is 5.41 Å². The first-order valence-corrected chi connectivity index (χ1v) is 6.06. The van der Waals surface area contributed by atoms with Crippen molar-refractivity contribution < 1.29 is 0 Å². The van der Waals surface area contributed by atoms with Gasteiger partial charge < -0.3 is 5.32 Å². The minimum absolute atomic E-state index is 0.391. The molecular formula is C11H19Cl2N. The predicted octanol–water partition coefficient (Wildman–Crippen LogP) is 3.86. The zero-order valence-corrected chi connectivity index (χ0v) is 10.5. The average Bonchev–Trinajstić information content (AvgIpc) is 2.15. The lowest BCUT2D eigenvalue weighted by atomic mass is 9.73. The zero-order valence-electron chi connectivity index (χ0n) is 8.95. The van der Waals surface area contributed by atoms with Crippen LogP contribution >= 0.6 is 23.2 Å². The molecule has 1 aliphatic rings. The lowest BCUT2D eigenvalue weighted by Crippen LogP contribution is -2.44. The van der Waals surface area contributed by atoms with Crippen molar-refractivity contribution in [2.45, 2.75) is 45.6 Å². The summed E-state index contributed by atoms with van der Waals surface area (Å²) in [4.78, 5) is 0. The van der Waals surface area contributed by atoms with Gasteiger partial charge in [0.05, 0.1) is 0 Å². The molecule has 1 aliphatic carbocycles. The molecule has 1 rings (SSSR count). The van der Waals surface area contributed by atoms with Gasteiger partial charge >= 0.3 is 0 Å². The van der Waals surface area contributed by atoms with E-state index in [0.29, 0.717) is 23.0 Å². The second-order valence-electron chi connectivity index (χ2n) is 4.72. The Balaban J connectivity index is 2.42. The van der Waals surface area contributed by atoms with Crippen LogP contribution in [0.4, 0.5) is 0 Å². The zero-order chi connectivity index (χ0) is 10.6. The van der Waals surface area contributed by atoms with Crippen molar-refractivity contribution >= 4 is 23.2 Å². The minimum atomic E-state index is 0.391. The molecule has 1 saturated carbocycles. The summed E-state index contributed by atoms with van der Waals surface area (Å²) in [5.41, 5.74) is 1.83. The Hall–Kier alpha value is 0.280. The number of nitrogens with one attached hydrogen (secondary N) is 1. The fourth-order valence-electron chi connectivity index (χ4n) is 2.13. The van der Waals surface area contributed by atoms with Gasteiger partial charge in [0.1, 0.15) is 0 Å². The first kappa shape index (κ1) is 12.4. The first-order chi connectivity index (χ1) is 6.56. The van der Waals surface area contributed by atoms with Crippen LogP contribution in [0.15, 0.2) is 10.6 Å². The number of hydrogen-bond acceptors (Lipinski definition) is 1. The minimum Gasteiger partial charge on any atom is -0.308 e. The summed E-state index contributed by atoms with van der Waals surface area (Å²) in [7, 11) is 0. The van der Waals surface area contributed by atoms with Gasteiger partial charge in [0.2, 0.25) is 0 Å². The molecular weight excluding hydrogens is 217 g/mol. The van der Waals surface area contributed by atoms with Crippen molar-refractivity contribution in [1.29, 1.82) is 0 Å². The maximum Gasteiger partial charge on any atom is 0.0432 e. The van der Waals surface area contributed by atoms with E-state index in [1.807, 2.05) is 0 Å². The summed E-state index contributed by atoms with van der Waals surface area (Å²) < 4.78 is 0. The van der Waals surface area contributed by atoms with Crippen LogP contribution < -0.4 is 5.32 Å². The fraction of sp³-hybridized carbons (Fsp3) is 0.818. The molecule has 1 N–H and O–H groups in total. The Morgan fingerprint density at radius 3 is 2.79 bits per heavy atom. The van der Waals surface area contributed by atoms with Gasteiger partial charge in [0.15, 0.2) is 0 Å². The molecule has 82 valence electrons. The van der Waals surface area contributed by atoms with E-state index in [1.54, 1.807) is 0 Å². The smallest absolute Gasteiger partial charge is 0.0432 e. The van der Waals surface area contributed by atoms with Gasteiger partial charge in [-0.15, -0.1) is 0 Å². The highest BCUT2D eigenvalue weighted by Gasteiger charge is 2.31. The molecule has 0 saturated heterocycles. The first-order valence-electron chi connectivity index (χ1n) is 5.24. The van der Waals surface area contributed by atoms with Crippen molar-refractivity contribution in [2.75, 3.05) is 6.54 Å². The lowest BCUT2D eigenvalue weighted by Gasteiger charge is -2.39. The Morgan fingerprint density at radius 1 is 1.50 bits per heavy atom. The summed E-state index contributed by atoms with van der Waals surface area (Å²) in [6, 6.07) is 0.571. The van der Waals surface area contributed by atoms with Gasteiger partial charge in [-0.2, -0.15) is 0 Å². The van der Waals surface area contributed by atoms with Gasteiger partial charge in [-0.1, -0.05) is 49.9 Å². The van der Waals surface area contributed by atoms with Crippen LogP contribution in [0.1, 0.15) is 39.5 Å². The third-order valence-electron chi connectivity index (χ3n) is 3.14. The standard InChI is InChI=1S/C11H19Cl2N/c1-11(2)6-4-3-5-10(11)14-8-9(13)7-12/h7,10,14H,3-6,8H2,1-2H3. The second kappa shape index (κ2) is 5.39. The normalized spacial score (nSPS) is 27.7. The van der Waals surface area contributed by atoms with E-state index in [-0.39, 0.29) is 0 Å². The van der Waals surface area contributed by atoms with Crippen molar-refractivity contribution in [3.05, 3.63) is 10.6 Å². The summed E-state index contributed by atoms with van der Waals surface area (Å²) in [5, 5.41) is 4.17. The van der Waals surface area contributed by atoms with Crippen LogP contribution in [-0.2, 0) is 0 Å². The Labute approximate surface area is 96.8 Å². The Morgan fingerprint density at radius 2 is 2.21 bits per heavy atom. The van der Waals surface area contributed by atoms with Crippen LogP contribution in [-0.4, -0.2) is 12.6 Å². The summed E-state index contributed by atoms with van der Waals surface area (Å²) in [6.45, 7) is 5.34. The highest BCUT2D eigenvalue weighted by Crippen LogP contribution is 2.35. The predicted molar refractivity (Wildman–Crippen MR) is 63.8 cm³/mol. The second-order valence-corrected chi connectivity index (χ2v) is 5.43. The molecule has 1 atom stereocenters. The maximum atomic E-state index is 5.84. The van der Waals surface area contributed by atoms with Gasteiger partial charge in [0.25, 0.3) is 0 Å². The molecule has 0 aromatic heterocycles. The van der Waals surface area contributed by atoms with Crippen LogP contribution in [0.2, 0.25) is 0 Å². The van der Waals surface area contributed by atoms with Crippen molar-refractivity contribution in [1.82, 2.24) is 5.32 Å². The molecule has 3 heteroatoms. The molecule has 0 aromatic carbocycles. The number of hydrogen-bond donors (Lipinski definition) is 1. The average molecular weight is 236 g/mol. The molecule has 1 fully saturated rings. The van der Waals surface area contributed by atoms with E-state index in [4.69, 9.17) is 23.2 Å². The molecule has 14 heavy (non-hydrogen) atoms. The molecule has 0 bridgehead atoms. The van der Waals surface area contributed by atoms with Crippen LogP contribution in [0.5, 0.6) is 0 Å². The highest BCUT2D eigenvalue weighted by molar-refractivity contribution is 6.36. The molecule has 0 spiro atoms. The third kappa shape index (κ3) is 3.45. The molecule has 1 unspecified atom stereocenters. The topological polar surface area (TPSA) is 12.0 Å². The number of halogens is 2. The Kier molecular flexibility index (Phi) is 4.75. The van der Waals surface area contributed by atoms with E-state index < -0.39 is 0 Å². The van der Waals surface area contributed by atoms with Gasteiger partial charge in [-0.05, 0) is 18.3 Å². The van der Waals surface area contributed by atoms with Gasteiger partial charge in [-0.25, -0.2) is 0 Å². The van der Waals surface area contributed by atoms with Gasteiger partial charge in [-0.3, -0.25) is 0 Å². The summed E-state index contributed by atoms with van der Waals surface area (Å²) >= 11 is 11.4. The van der Waals surface area contributed by atoms with E-state index in [2.05, 4.69) is 19.2 Å². The molecule has 0 aliphatic heterocycles. The lowest BCUT2D eigenvalue weighted by molar-refractivity contribution is 0.172. The fourth-order valence-corrected chi connectivity index (χ4v) is 2.29. The monoisotopic (exact) mass is 235 g/mol. The van der Waals surface area contributed by atoms with Gasteiger partial charge in [0, 0.05) is 23.2 Å². The Bertz CT molecular complexity index is 211. The SMILES string of the molecule is CC1(C)CCCCC1NCC(Cl)=CCl. The quantitative estimate of drug-likeness (QED) is 0.784. The largest absolute Gasteiger partial charge is 0.308 e. The summed E-state index contributed by atoms with van der Waals surface area (Å²) in [6.07, 6.45) is 5.22. The van der Waals surface area contributed by atoms with E-state index >= 15 is 0 Å². The van der Waals surface area contributed by atoms with E-state index in [9.17, 15) is 0 Å². The maximum absolute atomic E-state index is 5.84. The third-order valence-corrected chi connectivity index (χ3v) is 3.76. The van der Waals surface area contributed by atoms with Crippen LogP contribution in [0.3, 0.4) is 0 Å². The summed E-state index contributed by atoms with van der Waals surface area (Å²) in [5.74, 6) is 0. The molecule has 0 heterocycles. The highest BCUT2D eigenvalue weighted by atomic mass is 35.5. The number of rotatable bonds is 3.